The van der Waals surface area contributed by atoms with Gasteiger partial charge in [0.1, 0.15) is 11.6 Å². The Morgan fingerprint density at radius 1 is 1.25 bits per heavy atom. The smallest absolute Gasteiger partial charge is 0.129 e. The van der Waals surface area contributed by atoms with Gasteiger partial charge in [-0.1, -0.05) is 13.3 Å². The third-order valence-electron chi connectivity index (χ3n) is 4.64. The van der Waals surface area contributed by atoms with Gasteiger partial charge in [0.05, 0.1) is 6.10 Å². The van der Waals surface area contributed by atoms with Gasteiger partial charge in [0, 0.05) is 11.1 Å². The van der Waals surface area contributed by atoms with Gasteiger partial charge in [-0.25, -0.2) is 8.78 Å². The SMILES string of the molecule is CCC(C)(C(O)c1cc(F)ccc1F)N1CCCCC1. The standard InChI is InChI=1S/C16H23F2NO/c1-3-16(2,19-9-5-4-6-10-19)15(20)13-11-12(17)7-8-14(13)18/h7-8,11,15,20H,3-6,9-10H2,1-2H3. The predicted octanol–water partition coefficient (Wildman–Crippen LogP) is 3.65. The van der Waals surface area contributed by atoms with E-state index in [0.29, 0.717) is 6.42 Å². The van der Waals surface area contributed by atoms with Crippen LogP contribution in [-0.4, -0.2) is 28.6 Å². The first-order chi connectivity index (χ1) is 9.49. The lowest BCUT2D eigenvalue weighted by molar-refractivity contribution is -0.0368. The topological polar surface area (TPSA) is 23.5 Å². The van der Waals surface area contributed by atoms with Crippen LogP contribution in [0.25, 0.3) is 0 Å². The molecule has 0 aromatic heterocycles. The summed E-state index contributed by atoms with van der Waals surface area (Å²) in [5.41, 5.74) is -0.505. The minimum Gasteiger partial charge on any atom is -0.386 e. The summed E-state index contributed by atoms with van der Waals surface area (Å²) in [6.45, 7) is 5.72. The molecule has 0 bridgehead atoms. The second-order valence-corrected chi connectivity index (χ2v) is 5.83. The Morgan fingerprint density at radius 3 is 2.50 bits per heavy atom. The van der Waals surface area contributed by atoms with Crippen LogP contribution >= 0.6 is 0 Å². The van der Waals surface area contributed by atoms with Crippen molar-refractivity contribution >= 4 is 0 Å². The Balaban J connectivity index is 2.31. The highest BCUT2D eigenvalue weighted by molar-refractivity contribution is 5.24. The zero-order chi connectivity index (χ0) is 14.8. The lowest BCUT2D eigenvalue weighted by Gasteiger charge is -2.46. The van der Waals surface area contributed by atoms with E-state index in [-0.39, 0.29) is 5.56 Å². The molecular weight excluding hydrogens is 260 g/mol. The van der Waals surface area contributed by atoms with Crippen molar-refractivity contribution in [2.75, 3.05) is 13.1 Å². The molecule has 1 N–H and O–H groups in total. The predicted molar refractivity (Wildman–Crippen MR) is 75.4 cm³/mol. The van der Waals surface area contributed by atoms with E-state index < -0.39 is 23.3 Å². The van der Waals surface area contributed by atoms with Crippen molar-refractivity contribution in [2.24, 2.45) is 0 Å². The van der Waals surface area contributed by atoms with Crippen molar-refractivity contribution in [1.29, 1.82) is 0 Å². The van der Waals surface area contributed by atoms with Gasteiger partial charge in [-0.2, -0.15) is 0 Å². The van der Waals surface area contributed by atoms with Crippen LogP contribution in [0.5, 0.6) is 0 Å². The van der Waals surface area contributed by atoms with Gasteiger partial charge >= 0.3 is 0 Å². The molecule has 1 aliphatic rings. The van der Waals surface area contributed by atoms with Crippen LogP contribution in [0, 0.1) is 11.6 Å². The van der Waals surface area contributed by atoms with E-state index in [9.17, 15) is 13.9 Å². The number of halogens is 2. The molecule has 1 aromatic rings. The van der Waals surface area contributed by atoms with Crippen LogP contribution in [-0.2, 0) is 0 Å². The number of likely N-dealkylation sites (tertiary alicyclic amines) is 1. The van der Waals surface area contributed by atoms with Crippen LogP contribution in [0.3, 0.4) is 0 Å². The molecule has 1 saturated heterocycles. The van der Waals surface area contributed by atoms with Gasteiger partial charge in [-0.15, -0.1) is 0 Å². The van der Waals surface area contributed by atoms with E-state index in [4.69, 9.17) is 0 Å². The Labute approximate surface area is 119 Å². The van der Waals surface area contributed by atoms with E-state index in [1.807, 2.05) is 13.8 Å². The van der Waals surface area contributed by atoms with Crippen LogP contribution in [0.15, 0.2) is 18.2 Å². The Hall–Kier alpha value is -1.00. The molecule has 2 rings (SSSR count). The number of benzene rings is 1. The number of aliphatic hydroxyl groups is 1. The third-order valence-corrected chi connectivity index (χ3v) is 4.64. The number of piperidine rings is 1. The number of hydrogen-bond acceptors (Lipinski definition) is 2. The molecule has 0 saturated carbocycles. The van der Waals surface area contributed by atoms with Gasteiger partial charge in [-0.3, -0.25) is 4.90 Å². The molecule has 0 aliphatic carbocycles. The second kappa shape index (κ2) is 6.19. The zero-order valence-corrected chi connectivity index (χ0v) is 12.2. The summed E-state index contributed by atoms with van der Waals surface area (Å²) in [5, 5.41) is 10.6. The summed E-state index contributed by atoms with van der Waals surface area (Å²) in [5.74, 6) is -1.06. The molecule has 0 spiro atoms. The number of rotatable bonds is 4. The molecule has 20 heavy (non-hydrogen) atoms. The van der Waals surface area contributed by atoms with Crippen molar-refractivity contribution in [3.8, 4) is 0 Å². The van der Waals surface area contributed by atoms with Crippen LogP contribution in [0.4, 0.5) is 8.78 Å². The van der Waals surface area contributed by atoms with Crippen molar-refractivity contribution in [1.82, 2.24) is 4.90 Å². The quantitative estimate of drug-likeness (QED) is 0.911. The summed E-state index contributed by atoms with van der Waals surface area (Å²) in [6, 6.07) is 3.27. The van der Waals surface area contributed by atoms with Gasteiger partial charge in [0.25, 0.3) is 0 Å². The zero-order valence-electron chi connectivity index (χ0n) is 12.2. The fraction of sp³-hybridized carbons (Fsp3) is 0.625. The second-order valence-electron chi connectivity index (χ2n) is 5.83. The highest BCUT2D eigenvalue weighted by Gasteiger charge is 2.39. The molecule has 1 aromatic carbocycles. The average molecular weight is 283 g/mol. The highest BCUT2D eigenvalue weighted by Crippen LogP contribution is 2.37. The Kier molecular flexibility index (Phi) is 4.76. The van der Waals surface area contributed by atoms with Crippen LogP contribution in [0.2, 0.25) is 0 Å². The summed E-state index contributed by atoms with van der Waals surface area (Å²) >= 11 is 0. The van der Waals surface area contributed by atoms with E-state index >= 15 is 0 Å². The first-order valence-electron chi connectivity index (χ1n) is 7.37. The highest BCUT2D eigenvalue weighted by atomic mass is 19.1. The monoisotopic (exact) mass is 283 g/mol. The van der Waals surface area contributed by atoms with E-state index in [1.54, 1.807) is 0 Å². The molecule has 1 fully saturated rings. The molecule has 2 atom stereocenters. The van der Waals surface area contributed by atoms with E-state index in [1.165, 1.54) is 6.42 Å². The minimum absolute atomic E-state index is 0.0555. The maximum atomic E-state index is 13.9. The Bertz CT molecular complexity index is 460. The van der Waals surface area contributed by atoms with Gasteiger partial charge in [0.15, 0.2) is 0 Å². The average Bonchev–Trinajstić information content (AvgIpc) is 2.49. The first kappa shape index (κ1) is 15.4. The van der Waals surface area contributed by atoms with Gasteiger partial charge < -0.3 is 5.11 Å². The van der Waals surface area contributed by atoms with Crippen molar-refractivity contribution in [2.45, 2.75) is 51.2 Å². The molecule has 4 heteroatoms. The number of aliphatic hydroxyl groups excluding tert-OH is 1. The first-order valence-corrected chi connectivity index (χ1v) is 7.37. The van der Waals surface area contributed by atoms with Crippen molar-refractivity contribution < 1.29 is 13.9 Å². The van der Waals surface area contributed by atoms with Crippen molar-refractivity contribution in [3.05, 3.63) is 35.4 Å². The summed E-state index contributed by atoms with van der Waals surface area (Å²) in [7, 11) is 0. The normalized spacial score (nSPS) is 21.4. The number of nitrogens with zero attached hydrogens (tertiary/aromatic N) is 1. The molecule has 2 nitrogen and oxygen atoms in total. The summed E-state index contributed by atoms with van der Waals surface area (Å²) in [4.78, 5) is 2.21. The lowest BCUT2D eigenvalue weighted by atomic mass is 9.83. The van der Waals surface area contributed by atoms with E-state index in [2.05, 4.69) is 4.90 Å². The molecular formula is C16H23F2NO. The number of hydrogen-bond donors (Lipinski definition) is 1. The van der Waals surface area contributed by atoms with Crippen LogP contribution in [0.1, 0.15) is 51.2 Å². The molecule has 112 valence electrons. The van der Waals surface area contributed by atoms with Gasteiger partial charge in [-0.05, 0) is 57.5 Å². The van der Waals surface area contributed by atoms with Crippen molar-refractivity contribution in [3.63, 3.8) is 0 Å². The molecule has 1 heterocycles. The summed E-state index contributed by atoms with van der Waals surface area (Å²) < 4.78 is 27.3. The third kappa shape index (κ3) is 2.86. The Morgan fingerprint density at radius 2 is 1.90 bits per heavy atom. The van der Waals surface area contributed by atoms with Gasteiger partial charge in [0.2, 0.25) is 0 Å². The van der Waals surface area contributed by atoms with Crippen LogP contribution < -0.4 is 0 Å². The minimum atomic E-state index is -1.03. The fourth-order valence-electron chi connectivity index (χ4n) is 3.05. The largest absolute Gasteiger partial charge is 0.386 e. The molecule has 2 unspecified atom stereocenters. The summed E-state index contributed by atoms with van der Waals surface area (Å²) in [6.07, 6.45) is 3.04. The maximum Gasteiger partial charge on any atom is 0.129 e. The molecule has 0 amide bonds. The lowest BCUT2D eigenvalue weighted by Crippen LogP contribution is -2.52. The van der Waals surface area contributed by atoms with E-state index in [0.717, 1.165) is 44.1 Å². The fourth-order valence-corrected chi connectivity index (χ4v) is 3.05. The molecule has 1 aliphatic heterocycles. The molecule has 0 radical (unpaired) electrons. The maximum absolute atomic E-state index is 13.9.